The molecule has 1 fully saturated rings. The minimum atomic E-state index is -0.193. The molecule has 2 nitrogen and oxygen atoms in total. The van der Waals surface area contributed by atoms with E-state index in [2.05, 4.69) is 26.5 Å². The lowest BCUT2D eigenvalue weighted by Crippen LogP contribution is -2.28. The summed E-state index contributed by atoms with van der Waals surface area (Å²) in [6.07, 6.45) is 3.24. The molecule has 0 bridgehead atoms. The van der Waals surface area contributed by atoms with Crippen molar-refractivity contribution >= 4 is 29.9 Å². The Morgan fingerprint density at radius 3 is 2.76 bits per heavy atom. The average molecular weight is 270 g/mol. The molecule has 1 saturated carbocycles. The third-order valence-electron chi connectivity index (χ3n) is 3.61. The summed E-state index contributed by atoms with van der Waals surface area (Å²) in [5, 5.41) is 1.85. The van der Waals surface area contributed by atoms with Crippen molar-refractivity contribution in [3.8, 4) is 0 Å². The topological polar surface area (TPSA) is 26.3 Å². The molecule has 1 aromatic heterocycles. The van der Waals surface area contributed by atoms with Gasteiger partial charge < -0.3 is 4.74 Å². The zero-order valence-electron chi connectivity index (χ0n) is 10.2. The van der Waals surface area contributed by atoms with E-state index >= 15 is 0 Å². The minimum Gasteiger partial charge on any atom is -0.458 e. The second-order valence-corrected chi connectivity index (χ2v) is 6.39. The fourth-order valence-corrected chi connectivity index (χ4v) is 3.28. The van der Waals surface area contributed by atoms with Crippen molar-refractivity contribution in [2.45, 2.75) is 44.1 Å². The van der Waals surface area contributed by atoms with Crippen molar-refractivity contribution in [3.63, 3.8) is 0 Å². The largest absolute Gasteiger partial charge is 0.458 e. The van der Waals surface area contributed by atoms with Crippen LogP contribution in [0.2, 0.25) is 0 Å². The Labute approximate surface area is 112 Å². The van der Waals surface area contributed by atoms with Crippen LogP contribution < -0.4 is 0 Å². The number of esters is 1. The molecule has 4 heteroatoms. The van der Waals surface area contributed by atoms with Gasteiger partial charge in [-0.1, -0.05) is 13.8 Å². The first-order valence-corrected chi connectivity index (χ1v) is 7.37. The summed E-state index contributed by atoms with van der Waals surface area (Å²) in [4.78, 5) is 13.3. The van der Waals surface area contributed by atoms with Gasteiger partial charge in [0, 0.05) is 10.3 Å². The van der Waals surface area contributed by atoms with Crippen molar-refractivity contribution in [2.24, 2.45) is 11.8 Å². The normalized spacial score (nSPS) is 29.0. The van der Waals surface area contributed by atoms with Crippen LogP contribution in [0.3, 0.4) is 0 Å². The number of thiophene rings is 1. The molecule has 2 rings (SSSR count). The van der Waals surface area contributed by atoms with Crippen LogP contribution in [0.5, 0.6) is 0 Å². The third-order valence-corrected chi connectivity index (χ3v) is 4.95. The van der Waals surface area contributed by atoms with Gasteiger partial charge in [-0.15, -0.1) is 24.0 Å². The van der Waals surface area contributed by atoms with E-state index in [4.69, 9.17) is 4.74 Å². The van der Waals surface area contributed by atoms with Crippen LogP contribution in [-0.2, 0) is 4.74 Å². The van der Waals surface area contributed by atoms with E-state index < -0.39 is 0 Å². The summed E-state index contributed by atoms with van der Waals surface area (Å²) in [5.41, 5.74) is 0. The fraction of sp³-hybridized carbons (Fsp3) is 0.615. The van der Waals surface area contributed by atoms with Crippen molar-refractivity contribution in [1.29, 1.82) is 0 Å². The molecule has 0 spiro atoms. The van der Waals surface area contributed by atoms with Gasteiger partial charge in [0.2, 0.25) is 0 Å². The van der Waals surface area contributed by atoms with Gasteiger partial charge in [0.15, 0.2) is 0 Å². The Balaban J connectivity index is 1.91. The molecule has 0 aliphatic heterocycles. The molecule has 3 unspecified atom stereocenters. The van der Waals surface area contributed by atoms with E-state index in [1.165, 1.54) is 11.3 Å². The van der Waals surface area contributed by atoms with Crippen molar-refractivity contribution < 1.29 is 9.53 Å². The molecule has 94 valence electrons. The molecule has 3 atom stereocenters. The Hall–Kier alpha value is -0.480. The molecule has 0 aromatic carbocycles. The molecule has 0 radical (unpaired) electrons. The molecule has 1 aromatic rings. The highest BCUT2D eigenvalue weighted by atomic mass is 32.1. The van der Waals surface area contributed by atoms with E-state index in [1.807, 2.05) is 5.38 Å². The minimum absolute atomic E-state index is 0.0965. The maximum atomic E-state index is 11.9. The van der Waals surface area contributed by atoms with Crippen LogP contribution in [0.4, 0.5) is 0 Å². The Kier molecular flexibility index (Phi) is 4.15. The highest BCUT2D eigenvalue weighted by molar-refractivity contribution is 7.80. The number of carbonyl (C=O) groups excluding carboxylic acids is 1. The highest BCUT2D eigenvalue weighted by Crippen LogP contribution is 2.31. The summed E-state index contributed by atoms with van der Waals surface area (Å²) in [6, 6.07) is 1.77. The first kappa shape index (κ1) is 13.0. The van der Waals surface area contributed by atoms with Gasteiger partial charge in [-0.25, -0.2) is 4.79 Å². The predicted octanol–water partition coefficient (Wildman–Crippen LogP) is 4.02. The predicted molar refractivity (Wildman–Crippen MR) is 73.0 cm³/mol. The van der Waals surface area contributed by atoms with Crippen molar-refractivity contribution in [3.05, 3.63) is 16.3 Å². The molecule has 0 amide bonds. The van der Waals surface area contributed by atoms with Crippen molar-refractivity contribution in [1.82, 2.24) is 0 Å². The molecule has 17 heavy (non-hydrogen) atoms. The number of hydrogen-bond acceptors (Lipinski definition) is 4. The van der Waals surface area contributed by atoms with Gasteiger partial charge in [0.1, 0.15) is 11.0 Å². The van der Waals surface area contributed by atoms with Crippen LogP contribution in [-0.4, -0.2) is 12.1 Å². The zero-order chi connectivity index (χ0) is 12.4. The van der Waals surface area contributed by atoms with E-state index in [9.17, 15) is 4.79 Å². The first-order valence-electron chi connectivity index (χ1n) is 6.04. The van der Waals surface area contributed by atoms with Crippen LogP contribution in [0.15, 0.2) is 16.3 Å². The van der Waals surface area contributed by atoms with Gasteiger partial charge in [0.25, 0.3) is 0 Å². The lowest BCUT2D eigenvalue weighted by atomic mass is 9.80. The van der Waals surface area contributed by atoms with Gasteiger partial charge in [-0.05, 0) is 37.2 Å². The SMILES string of the molecule is CC1CCC(OC(=O)c2cc(S)cs2)CC1C. The lowest BCUT2D eigenvalue weighted by molar-refractivity contribution is 0.00929. The summed E-state index contributed by atoms with van der Waals surface area (Å²) in [7, 11) is 0. The summed E-state index contributed by atoms with van der Waals surface area (Å²) >= 11 is 5.59. The maximum absolute atomic E-state index is 11.9. The Morgan fingerprint density at radius 2 is 2.18 bits per heavy atom. The lowest BCUT2D eigenvalue weighted by Gasteiger charge is -2.31. The molecular weight excluding hydrogens is 252 g/mol. The number of carbonyl (C=O) groups is 1. The van der Waals surface area contributed by atoms with Gasteiger partial charge >= 0.3 is 5.97 Å². The number of ether oxygens (including phenoxy) is 1. The van der Waals surface area contributed by atoms with Crippen LogP contribution in [0, 0.1) is 11.8 Å². The average Bonchev–Trinajstić information content (AvgIpc) is 2.70. The zero-order valence-corrected chi connectivity index (χ0v) is 11.9. The van der Waals surface area contributed by atoms with Crippen molar-refractivity contribution in [2.75, 3.05) is 0 Å². The number of thiol groups is 1. The molecule has 1 aliphatic rings. The Bertz CT molecular complexity index is 400. The summed E-state index contributed by atoms with van der Waals surface area (Å²) in [6.45, 7) is 4.51. The van der Waals surface area contributed by atoms with Crippen LogP contribution >= 0.6 is 24.0 Å². The smallest absolute Gasteiger partial charge is 0.348 e. The van der Waals surface area contributed by atoms with Gasteiger partial charge in [-0.3, -0.25) is 0 Å². The summed E-state index contributed by atoms with van der Waals surface area (Å²) in [5.74, 6) is 1.20. The van der Waals surface area contributed by atoms with Gasteiger partial charge in [0.05, 0.1) is 0 Å². The Morgan fingerprint density at radius 1 is 1.41 bits per heavy atom. The monoisotopic (exact) mass is 270 g/mol. The van der Waals surface area contributed by atoms with Crippen LogP contribution in [0.1, 0.15) is 42.8 Å². The molecular formula is C13H18O2S2. The standard InChI is InChI=1S/C13H18O2S2/c1-8-3-4-10(5-9(8)2)15-13(14)12-6-11(16)7-17-12/h6-10,16H,3-5H2,1-2H3. The number of rotatable bonds is 2. The molecule has 1 heterocycles. The second kappa shape index (κ2) is 5.44. The molecule has 1 aliphatic carbocycles. The maximum Gasteiger partial charge on any atom is 0.348 e. The first-order chi connectivity index (χ1) is 8.06. The van der Waals surface area contributed by atoms with Gasteiger partial charge in [-0.2, -0.15) is 0 Å². The van der Waals surface area contributed by atoms with E-state index in [0.29, 0.717) is 10.8 Å². The second-order valence-electron chi connectivity index (χ2n) is 4.96. The van der Waals surface area contributed by atoms with E-state index in [0.717, 1.165) is 30.1 Å². The highest BCUT2D eigenvalue weighted by Gasteiger charge is 2.27. The number of hydrogen-bond donors (Lipinski definition) is 1. The molecule has 0 saturated heterocycles. The fourth-order valence-electron chi connectivity index (χ4n) is 2.25. The summed E-state index contributed by atoms with van der Waals surface area (Å²) < 4.78 is 5.55. The third kappa shape index (κ3) is 3.26. The van der Waals surface area contributed by atoms with E-state index in [1.54, 1.807) is 6.07 Å². The van der Waals surface area contributed by atoms with E-state index in [-0.39, 0.29) is 12.1 Å². The molecule has 0 N–H and O–H groups in total. The van der Waals surface area contributed by atoms with Crippen LogP contribution in [0.25, 0.3) is 0 Å². The quantitative estimate of drug-likeness (QED) is 0.649.